The van der Waals surface area contributed by atoms with E-state index in [0.29, 0.717) is 34.8 Å². The number of benzene rings is 4. The zero-order valence-corrected chi connectivity index (χ0v) is 45.3. The Kier molecular flexibility index (Phi) is 16.8. The molecule has 2 aliphatic heterocycles. The third kappa shape index (κ3) is 12.0. The molecule has 0 saturated carbocycles. The van der Waals surface area contributed by atoms with E-state index >= 15 is 8.78 Å². The van der Waals surface area contributed by atoms with E-state index in [1.54, 1.807) is 19.9 Å². The van der Waals surface area contributed by atoms with Crippen molar-refractivity contribution in [1.82, 2.24) is 26.3 Å². The molecule has 3 aliphatic rings. The molecule has 14 nitrogen and oxygen atoms in total. The second kappa shape index (κ2) is 23.6. The summed E-state index contributed by atoms with van der Waals surface area (Å²) in [6.07, 6.45) is 3.95. The number of nitrogens with zero attached hydrogens (tertiary/aromatic N) is 3. The maximum Gasteiger partial charge on any atom is 0.296 e. The molecule has 0 spiro atoms. The first-order valence-electron chi connectivity index (χ1n) is 26.0. The van der Waals surface area contributed by atoms with Gasteiger partial charge in [-0.15, -0.1) is 11.3 Å². The average molecular weight is 1100 g/mol. The Balaban J connectivity index is 0.676. The van der Waals surface area contributed by atoms with Gasteiger partial charge in [-0.2, -0.15) is 0 Å². The predicted molar refractivity (Wildman–Crippen MR) is 296 cm³/mol. The van der Waals surface area contributed by atoms with E-state index in [0.717, 1.165) is 72.5 Å². The summed E-state index contributed by atoms with van der Waals surface area (Å²) >= 11 is 7.58. The molecule has 1 saturated heterocycles. The number of nitrogen functional groups attached to an aromatic ring is 1. The number of halogens is 4. The fraction of sp³-hybridized carbons (Fsp3) is 0.356. The van der Waals surface area contributed by atoms with Crippen molar-refractivity contribution in [2.75, 3.05) is 54.9 Å². The van der Waals surface area contributed by atoms with Crippen molar-refractivity contribution in [3.8, 4) is 11.8 Å². The van der Waals surface area contributed by atoms with Crippen LogP contribution in [-0.4, -0.2) is 80.0 Å². The van der Waals surface area contributed by atoms with Crippen LogP contribution in [0.1, 0.15) is 99.1 Å². The number of hydrogen-bond donors (Lipinski definition) is 5. The maximum absolute atomic E-state index is 15.2. The molecule has 0 bridgehead atoms. The van der Waals surface area contributed by atoms with E-state index in [2.05, 4.69) is 68.1 Å². The van der Waals surface area contributed by atoms with Gasteiger partial charge >= 0.3 is 0 Å². The van der Waals surface area contributed by atoms with Gasteiger partial charge in [0, 0.05) is 100 Å². The number of pyridine rings is 1. The van der Waals surface area contributed by atoms with E-state index in [9.17, 15) is 28.4 Å². The fourth-order valence-electron chi connectivity index (χ4n) is 10.6. The van der Waals surface area contributed by atoms with Gasteiger partial charge in [-0.1, -0.05) is 49.1 Å². The summed E-state index contributed by atoms with van der Waals surface area (Å²) in [5, 5.41) is 12.3. The molecule has 78 heavy (non-hydrogen) atoms. The number of rotatable bonds is 16. The van der Waals surface area contributed by atoms with Crippen LogP contribution in [0.2, 0.25) is 5.02 Å². The van der Waals surface area contributed by atoms with Gasteiger partial charge in [-0.25, -0.2) is 18.2 Å². The van der Waals surface area contributed by atoms with Gasteiger partial charge < -0.3 is 41.5 Å². The molecule has 9 rings (SSSR count). The van der Waals surface area contributed by atoms with Gasteiger partial charge in [-0.3, -0.25) is 24.0 Å². The summed E-state index contributed by atoms with van der Waals surface area (Å²) in [7, 11) is 0. The number of thiophene rings is 1. The highest BCUT2D eigenvalue weighted by Gasteiger charge is 2.44. The molecule has 1 fully saturated rings. The standard InChI is InChI=1S/C59H60ClF3N8O6S/c1-5-35-31-70(40-15-12-36-27-39(14-11-37(36)28-40)69-56(75)53-52(64)42-16-9-33(2)68-57(42)78-53)22-19-41(35)55(74)66-21-24-77-23-20-65-51(72)18-10-34-25-48(62)43(49(63)26-34)30-67-54(73)38-13-17-45-50(29-38)71(58(76)59(45,3)4)32-44-46(60)7-6-8-47(44)61/h6-9,12-13,15-17,25-26,28-29,35,39,41H,5,11,14,19-24,27,30-32,64H2,1-4H3,(H,65,72)(H,66,74)(H,67,73)(H,69,75)/t35-,39+,41?/m1/s1. The minimum atomic E-state index is -0.986. The van der Waals surface area contributed by atoms with Crippen LogP contribution >= 0.6 is 22.9 Å². The molecular weight excluding hydrogens is 1040 g/mol. The molecule has 5 amide bonds. The molecule has 6 aromatic rings. The van der Waals surface area contributed by atoms with Gasteiger partial charge in [0.25, 0.3) is 17.7 Å². The Labute approximate surface area is 459 Å². The van der Waals surface area contributed by atoms with Gasteiger partial charge in [0.05, 0.1) is 30.9 Å². The predicted octanol–water partition coefficient (Wildman–Crippen LogP) is 8.45. The summed E-state index contributed by atoms with van der Waals surface area (Å²) in [6.45, 7) is 9.05. The van der Waals surface area contributed by atoms with Crippen LogP contribution < -0.4 is 36.8 Å². The van der Waals surface area contributed by atoms with Gasteiger partial charge in [-0.05, 0) is 130 Å². The molecule has 4 heterocycles. The maximum atomic E-state index is 15.2. The summed E-state index contributed by atoms with van der Waals surface area (Å²) < 4.78 is 50.7. The zero-order valence-electron chi connectivity index (χ0n) is 43.7. The lowest BCUT2D eigenvalue weighted by Gasteiger charge is -2.39. The van der Waals surface area contributed by atoms with Crippen LogP contribution in [0, 0.1) is 48.1 Å². The molecule has 1 unspecified atom stereocenters. The quantitative estimate of drug-likeness (QED) is 0.0468. The molecular formula is C59H60ClF3N8O6S. The normalized spacial score (nSPS) is 17.4. The molecule has 6 N–H and O–H groups in total. The zero-order chi connectivity index (χ0) is 55.4. The number of ether oxygens (including phenoxy) is 1. The van der Waals surface area contributed by atoms with Crippen LogP contribution in [0.4, 0.5) is 30.2 Å². The molecule has 0 radical (unpaired) electrons. The first-order chi connectivity index (χ1) is 37.4. The number of carbonyl (C=O) groups is 5. The number of piperidine rings is 1. The first-order valence-corrected chi connectivity index (χ1v) is 27.2. The van der Waals surface area contributed by atoms with Crippen molar-refractivity contribution in [3.05, 3.63) is 151 Å². The number of amides is 5. The number of nitrogens with one attached hydrogen (secondary N) is 4. The minimum absolute atomic E-state index is 0.00217. The number of anilines is 3. The molecule has 1 aliphatic carbocycles. The monoisotopic (exact) mass is 1100 g/mol. The summed E-state index contributed by atoms with van der Waals surface area (Å²) in [4.78, 5) is 75.4. The molecule has 2 aromatic heterocycles. The highest BCUT2D eigenvalue weighted by atomic mass is 35.5. The van der Waals surface area contributed by atoms with Crippen molar-refractivity contribution in [1.29, 1.82) is 0 Å². The highest BCUT2D eigenvalue weighted by molar-refractivity contribution is 7.21. The summed E-state index contributed by atoms with van der Waals surface area (Å²) in [5.74, 6) is 0.386. The van der Waals surface area contributed by atoms with Crippen LogP contribution in [0.3, 0.4) is 0 Å². The molecule has 19 heteroatoms. The second-order valence-corrected chi connectivity index (χ2v) is 21.9. The Morgan fingerprint density at radius 2 is 1.67 bits per heavy atom. The smallest absolute Gasteiger partial charge is 0.296 e. The fourth-order valence-corrected chi connectivity index (χ4v) is 11.9. The largest absolute Gasteiger partial charge is 0.397 e. The Morgan fingerprint density at radius 3 is 2.42 bits per heavy atom. The van der Waals surface area contributed by atoms with Crippen molar-refractivity contribution in [2.24, 2.45) is 11.8 Å². The lowest BCUT2D eigenvalue weighted by atomic mass is 9.82. The van der Waals surface area contributed by atoms with Crippen LogP contribution in [0.25, 0.3) is 10.2 Å². The lowest BCUT2D eigenvalue weighted by molar-refractivity contribution is -0.127. The minimum Gasteiger partial charge on any atom is -0.397 e. The van der Waals surface area contributed by atoms with E-state index in [-0.39, 0.29) is 83.6 Å². The lowest BCUT2D eigenvalue weighted by Crippen LogP contribution is -2.47. The van der Waals surface area contributed by atoms with Crippen molar-refractivity contribution >= 4 is 79.8 Å². The number of hydrogen-bond acceptors (Lipinski definition) is 10. The molecule has 406 valence electrons. The highest BCUT2D eigenvalue weighted by Crippen LogP contribution is 2.44. The van der Waals surface area contributed by atoms with Gasteiger partial charge in [0.15, 0.2) is 0 Å². The van der Waals surface area contributed by atoms with E-state index < -0.39 is 46.8 Å². The number of aryl methyl sites for hydroxylation is 2. The number of fused-ring (bicyclic) bond motifs is 3. The van der Waals surface area contributed by atoms with E-state index in [1.165, 1.54) is 57.7 Å². The van der Waals surface area contributed by atoms with Crippen molar-refractivity contribution < 1.29 is 41.9 Å². The van der Waals surface area contributed by atoms with Gasteiger partial charge in [0.1, 0.15) is 27.2 Å². The average Bonchev–Trinajstić information content (AvgIpc) is 3.91. The Bertz CT molecular complexity index is 3370. The van der Waals surface area contributed by atoms with Crippen molar-refractivity contribution in [2.45, 2.75) is 84.3 Å². The van der Waals surface area contributed by atoms with Gasteiger partial charge in [0.2, 0.25) is 11.8 Å². The van der Waals surface area contributed by atoms with Crippen LogP contribution in [0.15, 0.2) is 78.9 Å². The first kappa shape index (κ1) is 55.3. The van der Waals surface area contributed by atoms with Crippen LogP contribution in [-0.2, 0) is 50.5 Å². The van der Waals surface area contributed by atoms with Crippen molar-refractivity contribution in [3.63, 3.8) is 0 Å². The SMILES string of the molecule is CC[C@@H]1CN(c2ccc3c(c2)CC[C@H](NC(=O)c2sc4nc(C)ccc4c2N)C3)CCC1C(=O)NCCOCCNC(=O)C#Cc1cc(F)c(CNC(=O)c2ccc3c(c2)N(Cc2c(F)cccc2Cl)C(=O)C3(C)C)c(F)c1. The Morgan fingerprint density at radius 1 is 0.897 bits per heavy atom. The summed E-state index contributed by atoms with van der Waals surface area (Å²) in [6, 6.07) is 21.1. The van der Waals surface area contributed by atoms with E-state index in [1.807, 2.05) is 19.1 Å². The third-order valence-corrected chi connectivity index (χ3v) is 16.5. The van der Waals surface area contributed by atoms with E-state index in [4.69, 9.17) is 22.1 Å². The molecule has 4 aromatic carbocycles. The number of carbonyl (C=O) groups excluding carboxylic acids is 5. The molecule has 3 atom stereocenters. The second-order valence-electron chi connectivity index (χ2n) is 20.5. The third-order valence-electron chi connectivity index (χ3n) is 15.0. The Hall–Kier alpha value is -7.46. The van der Waals surface area contributed by atoms with Crippen LogP contribution in [0.5, 0.6) is 0 Å². The topological polar surface area (TPSA) is 188 Å². The number of aromatic nitrogens is 1. The number of nitrogens with two attached hydrogens (primary N) is 1. The summed E-state index contributed by atoms with van der Waals surface area (Å²) in [5.41, 5.74) is 11.1.